The Balaban J connectivity index is 1.39. The van der Waals surface area contributed by atoms with Crippen LogP contribution in [0.5, 0.6) is 0 Å². The number of carbonyl (C=O) groups excluding carboxylic acids is 2. The molecule has 3 aliphatic carbocycles. The highest BCUT2D eigenvalue weighted by molar-refractivity contribution is 5.90. The Kier molecular flexibility index (Phi) is 4.27. The minimum atomic E-state index is -0.394. The summed E-state index contributed by atoms with van der Waals surface area (Å²) >= 11 is 0. The van der Waals surface area contributed by atoms with Crippen molar-refractivity contribution in [3.63, 3.8) is 0 Å². The highest BCUT2D eigenvalue weighted by Crippen LogP contribution is 2.58. The van der Waals surface area contributed by atoms with Crippen molar-refractivity contribution in [3.05, 3.63) is 83.9 Å². The molecule has 2 saturated carbocycles. The van der Waals surface area contributed by atoms with Crippen LogP contribution >= 0.6 is 0 Å². The summed E-state index contributed by atoms with van der Waals surface area (Å²) in [6, 6.07) is 18.0. The number of benzene rings is 2. The molecule has 2 aromatic carbocycles. The van der Waals surface area contributed by atoms with Crippen LogP contribution in [0.25, 0.3) is 0 Å². The van der Waals surface area contributed by atoms with Crippen LogP contribution in [0.3, 0.4) is 0 Å². The van der Waals surface area contributed by atoms with Crippen LogP contribution < -0.4 is 0 Å². The summed E-state index contributed by atoms with van der Waals surface area (Å²) in [7, 11) is 0. The number of rotatable bonds is 4. The van der Waals surface area contributed by atoms with Gasteiger partial charge in [0.1, 0.15) is 12.2 Å². The lowest BCUT2D eigenvalue weighted by Crippen LogP contribution is -2.45. The summed E-state index contributed by atoms with van der Waals surface area (Å²) in [5.41, 5.74) is 1.05. The number of allylic oxidation sites excluding steroid dienone is 2. The summed E-state index contributed by atoms with van der Waals surface area (Å²) < 4.78 is 11.9. The molecule has 2 aromatic rings. The monoisotopic (exact) mass is 374 g/mol. The number of hydrogen-bond donors (Lipinski definition) is 0. The van der Waals surface area contributed by atoms with E-state index in [4.69, 9.17) is 9.47 Å². The van der Waals surface area contributed by atoms with Gasteiger partial charge in [-0.1, -0.05) is 48.6 Å². The molecule has 5 rings (SSSR count). The number of ether oxygens (including phenoxy) is 2. The van der Waals surface area contributed by atoms with Gasteiger partial charge in [-0.2, -0.15) is 0 Å². The van der Waals surface area contributed by atoms with E-state index in [1.807, 2.05) is 36.4 Å². The fourth-order valence-electron chi connectivity index (χ4n) is 5.32. The molecule has 3 aliphatic rings. The van der Waals surface area contributed by atoms with E-state index in [-0.39, 0.29) is 29.9 Å². The lowest BCUT2D eigenvalue weighted by molar-refractivity contribution is -0.0735. The normalized spacial score (nSPS) is 32.1. The molecule has 0 heterocycles. The van der Waals surface area contributed by atoms with E-state index in [0.29, 0.717) is 23.0 Å². The maximum atomic E-state index is 12.7. The molecule has 2 bridgehead atoms. The van der Waals surface area contributed by atoms with Gasteiger partial charge in [-0.25, -0.2) is 9.59 Å². The second-order valence-corrected chi connectivity index (χ2v) is 7.94. The van der Waals surface area contributed by atoms with Crippen LogP contribution in [-0.4, -0.2) is 24.1 Å². The van der Waals surface area contributed by atoms with Crippen molar-refractivity contribution < 1.29 is 19.1 Å². The Morgan fingerprint density at radius 2 is 1.25 bits per heavy atom. The van der Waals surface area contributed by atoms with Gasteiger partial charge in [-0.05, 0) is 48.9 Å². The van der Waals surface area contributed by atoms with Gasteiger partial charge in [0.05, 0.1) is 11.1 Å². The molecule has 0 spiro atoms. The lowest BCUT2D eigenvalue weighted by Gasteiger charge is -2.37. The third-order valence-electron chi connectivity index (χ3n) is 6.52. The molecule has 6 atom stereocenters. The number of hydrogen-bond acceptors (Lipinski definition) is 4. The Morgan fingerprint density at radius 1 is 0.714 bits per heavy atom. The van der Waals surface area contributed by atoms with Crippen LogP contribution in [0.2, 0.25) is 0 Å². The second kappa shape index (κ2) is 6.93. The van der Waals surface area contributed by atoms with Gasteiger partial charge in [0.25, 0.3) is 0 Å². The number of fused-ring (bicyclic) bond motifs is 5. The summed E-state index contributed by atoms with van der Waals surface area (Å²) in [5, 5.41) is 0. The first kappa shape index (κ1) is 17.2. The predicted molar refractivity (Wildman–Crippen MR) is 104 cm³/mol. The fourth-order valence-corrected chi connectivity index (χ4v) is 5.32. The molecule has 0 unspecified atom stereocenters. The number of esters is 2. The van der Waals surface area contributed by atoms with Gasteiger partial charge >= 0.3 is 11.9 Å². The first-order chi connectivity index (χ1) is 13.7. The summed E-state index contributed by atoms with van der Waals surface area (Å²) in [6.07, 6.45) is 5.66. The lowest BCUT2D eigenvalue weighted by atomic mass is 9.78. The predicted octanol–water partition coefficient (Wildman–Crippen LogP) is 4.28. The average molecular weight is 374 g/mol. The van der Waals surface area contributed by atoms with Gasteiger partial charge in [-0.3, -0.25) is 0 Å². The van der Waals surface area contributed by atoms with E-state index in [2.05, 4.69) is 12.2 Å². The van der Waals surface area contributed by atoms with E-state index < -0.39 is 6.10 Å². The van der Waals surface area contributed by atoms with E-state index in [1.54, 1.807) is 24.3 Å². The summed E-state index contributed by atoms with van der Waals surface area (Å²) in [4.78, 5) is 25.4. The average Bonchev–Trinajstić information content (AvgIpc) is 3.43. The van der Waals surface area contributed by atoms with E-state index in [1.165, 1.54) is 0 Å². The summed E-state index contributed by atoms with van der Waals surface area (Å²) in [6.45, 7) is 0. The van der Waals surface area contributed by atoms with Gasteiger partial charge in [0, 0.05) is 11.8 Å². The first-order valence-electron chi connectivity index (χ1n) is 9.91. The molecule has 0 aliphatic heterocycles. The smallest absolute Gasteiger partial charge is 0.338 e. The van der Waals surface area contributed by atoms with E-state index in [9.17, 15) is 9.59 Å². The van der Waals surface area contributed by atoms with Crippen LogP contribution in [0.15, 0.2) is 72.8 Å². The zero-order valence-electron chi connectivity index (χ0n) is 15.4. The summed E-state index contributed by atoms with van der Waals surface area (Å²) in [5.74, 6) is 0.676. The molecular weight excluding hydrogens is 352 g/mol. The second-order valence-electron chi connectivity index (χ2n) is 7.94. The minimum Gasteiger partial charge on any atom is -0.455 e. The Hall–Kier alpha value is -2.88. The van der Waals surface area contributed by atoms with E-state index in [0.717, 1.165) is 12.8 Å². The highest BCUT2D eigenvalue weighted by atomic mass is 16.6. The van der Waals surface area contributed by atoms with Gasteiger partial charge in [0.2, 0.25) is 0 Å². The van der Waals surface area contributed by atoms with Crippen LogP contribution in [-0.2, 0) is 9.47 Å². The molecule has 4 heteroatoms. The molecule has 0 radical (unpaired) electrons. The quantitative estimate of drug-likeness (QED) is 0.592. The molecular formula is C24H22O4. The van der Waals surface area contributed by atoms with E-state index >= 15 is 0 Å². The highest BCUT2D eigenvalue weighted by Gasteiger charge is 2.61. The zero-order chi connectivity index (χ0) is 19.1. The fraction of sp³-hybridized carbons (Fsp3) is 0.333. The molecule has 0 N–H and O–H groups in total. The SMILES string of the molecule is O=C(O[C@@H]1[C@@H]2C[C@@H]([C@@H]3C=CC[C@@H]32)[C@@H]1OC(=O)c1ccccc1)c1ccccc1. The maximum absolute atomic E-state index is 12.7. The molecule has 28 heavy (non-hydrogen) atoms. The molecule has 0 amide bonds. The minimum absolute atomic E-state index is 0.218. The molecule has 4 nitrogen and oxygen atoms in total. The van der Waals surface area contributed by atoms with Gasteiger partial charge in [-0.15, -0.1) is 0 Å². The maximum Gasteiger partial charge on any atom is 0.338 e. The number of carbonyl (C=O) groups is 2. The molecule has 0 saturated heterocycles. The van der Waals surface area contributed by atoms with Gasteiger partial charge < -0.3 is 9.47 Å². The Morgan fingerprint density at radius 3 is 1.82 bits per heavy atom. The molecule has 2 fully saturated rings. The zero-order valence-corrected chi connectivity index (χ0v) is 15.4. The van der Waals surface area contributed by atoms with Crippen molar-refractivity contribution in [2.75, 3.05) is 0 Å². The van der Waals surface area contributed by atoms with Crippen molar-refractivity contribution in [1.82, 2.24) is 0 Å². The van der Waals surface area contributed by atoms with Gasteiger partial charge in [0.15, 0.2) is 0 Å². The molecule has 142 valence electrons. The Bertz CT molecular complexity index is 905. The Labute approximate surface area is 164 Å². The van der Waals surface area contributed by atoms with Crippen LogP contribution in [0.4, 0.5) is 0 Å². The van der Waals surface area contributed by atoms with Crippen LogP contribution in [0.1, 0.15) is 33.6 Å². The third kappa shape index (κ3) is 2.84. The standard InChI is InChI=1S/C24H22O4/c25-23(15-8-3-1-4-9-15)27-21-19-14-20(18-13-7-12-17(18)19)22(21)28-24(26)16-10-5-2-6-11-16/h1-12,17-22H,13-14H2/t17-,18+,19+,20-,21+,22-/m1/s1. The topological polar surface area (TPSA) is 52.6 Å². The van der Waals surface area contributed by atoms with Crippen molar-refractivity contribution >= 4 is 11.9 Å². The van der Waals surface area contributed by atoms with Crippen molar-refractivity contribution in [2.24, 2.45) is 23.7 Å². The van der Waals surface area contributed by atoms with Crippen molar-refractivity contribution in [1.29, 1.82) is 0 Å². The third-order valence-corrected chi connectivity index (χ3v) is 6.52. The first-order valence-corrected chi connectivity index (χ1v) is 9.91. The largest absolute Gasteiger partial charge is 0.455 e. The molecule has 0 aromatic heterocycles. The van der Waals surface area contributed by atoms with Crippen molar-refractivity contribution in [3.8, 4) is 0 Å². The van der Waals surface area contributed by atoms with Crippen LogP contribution in [0, 0.1) is 23.7 Å². The van der Waals surface area contributed by atoms with Crippen molar-refractivity contribution in [2.45, 2.75) is 25.0 Å².